The van der Waals surface area contributed by atoms with E-state index in [9.17, 15) is 4.39 Å². The normalized spacial score (nSPS) is 10.7. The molecule has 3 nitrogen and oxygen atoms in total. The molecule has 7 aromatic carbocycles. The number of benzene rings is 7. The Morgan fingerprint density at radius 2 is 0.920 bits per heavy atom. The summed E-state index contributed by atoms with van der Waals surface area (Å²) in [6.07, 6.45) is 1.75. The molecule has 0 aliphatic carbocycles. The van der Waals surface area contributed by atoms with Crippen LogP contribution in [0.5, 0.6) is 0 Å². The van der Waals surface area contributed by atoms with Gasteiger partial charge in [0.2, 0.25) is 5.89 Å². The van der Waals surface area contributed by atoms with E-state index in [4.69, 9.17) is 4.42 Å². The van der Waals surface area contributed by atoms with E-state index >= 15 is 0 Å². The molecule has 0 unspecified atom stereocenters. The third-order valence-electron chi connectivity index (χ3n) is 8.42. The molecule has 0 fully saturated rings. The summed E-state index contributed by atoms with van der Waals surface area (Å²) in [5.74, 6) is 0.0119. The topological polar surface area (TPSA) is 29.3 Å². The van der Waals surface area contributed by atoms with Crippen molar-refractivity contribution in [3.63, 3.8) is 0 Å². The first kappa shape index (κ1) is 32.0. The van der Waals surface area contributed by atoms with Crippen LogP contribution in [0.3, 0.4) is 0 Å². The van der Waals surface area contributed by atoms with E-state index in [1.54, 1.807) is 18.2 Å². The number of hydrogen-bond donors (Lipinski definition) is 0. The molecule has 8 aromatic rings. The van der Waals surface area contributed by atoms with Crippen LogP contribution in [0.2, 0.25) is 0 Å². The highest BCUT2D eigenvalue weighted by Gasteiger charge is 2.16. The first-order chi connectivity index (χ1) is 24.6. The molecule has 0 aliphatic heterocycles. The van der Waals surface area contributed by atoms with Gasteiger partial charge in [0, 0.05) is 22.6 Å². The number of aromatic nitrogens is 1. The van der Waals surface area contributed by atoms with Gasteiger partial charge in [0.05, 0.1) is 0 Å². The Labute approximate surface area is 292 Å². The van der Waals surface area contributed by atoms with E-state index in [1.807, 2.05) is 31.2 Å². The number of oxazole rings is 1. The summed E-state index contributed by atoms with van der Waals surface area (Å²) in [6, 6.07) is 59.5. The van der Waals surface area contributed by atoms with Crippen LogP contribution in [0, 0.1) is 5.82 Å². The van der Waals surface area contributed by atoms with E-state index in [0.29, 0.717) is 11.5 Å². The molecular formula is C46H35FN2O. The number of hydrogen-bond acceptors (Lipinski definition) is 3. The average Bonchev–Trinajstić information content (AvgIpc) is 3.63. The number of fused-ring (bicyclic) bond motifs is 1. The molecule has 0 radical (unpaired) electrons. The maximum Gasteiger partial charge on any atom is 0.227 e. The van der Waals surface area contributed by atoms with Crippen LogP contribution in [-0.2, 0) is 0 Å². The Morgan fingerprint density at radius 1 is 0.500 bits per heavy atom. The summed E-state index contributed by atoms with van der Waals surface area (Å²) in [5.41, 5.74) is 11.5. The minimum Gasteiger partial charge on any atom is -0.436 e. The number of halogens is 1. The molecule has 1 aromatic heterocycles. The Hall–Kier alpha value is -6.52. The van der Waals surface area contributed by atoms with Crippen molar-refractivity contribution in [2.45, 2.75) is 6.92 Å². The molecule has 0 saturated heterocycles. The fourth-order valence-corrected chi connectivity index (χ4v) is 6.16. The minimum atomic E-state index is -0.388. The molecule has 0 N–H and O–H groups in total. The third kappa shape index (κ3) is 6.60. The largest absolute Gasteiger partial charge is 0.436 e. The van der Waals surface area contributed by atoms with Crippen molar-refractivity contribution in [2.75, 3.05) is 4.90 Å². The van der Waals surface area contributed by atoms with Gasteiger partial charge >= 0.3 is 0 Å². The van der Waals surface area contributed by atoms with Crippen molar-refractivity contribution in [1.82, 2.24) is 4.98 Å². The molecule has 0 amide bonds. The lowest BCUT2D eigenvalue weighted by Crippen LogP contribution is -2.09. The maximum absolute atomic E-state index is 14.2. The Kier molecular flexibility index (Phi) is 9.43. The molecule has 0 aliphatic rings. The van der Waals surface area contributed by atoms with E-state index in [0.717, 1.165) is 56.0 Å². The Morgan fingerprint density at radius 3 is 1.42 bits per heavy atom. The summed E-state index contributed by atoms with van der Waals surface area (Å²) in [4.78, 5) is 6.67. The fraction of sp³-hybridized carbons (Fsp3) is 0.0217. The standard InChI is InChI=1S/C43H29FN2O.C3H6/c44-40-20-11-21-41-42(40)45-43(47-41)32-24-22-30(23-25-32)36-16-7-9-18-38(36)39-19-10-8-17-37(39)31-26-28-35(29-27-31)46(33-12-3-1-4-13-33)34-14-5-2-6-15-34;1-3-2/h1-29H;3H,1H2,2H3. The van der Waals surface area contributed by atoms with Gasteiger partial charge in [0.1, 0.15) is 5.52 Å². The summed E-state index contributed by atoms with van der Waals surface area (Å²) in [7, 11) is 0. The number of allylic oxidation sites excluding steroid dienone is 1. The molecule has 1 heterocycles. The molecular weight excluding hydrogens is 616 g/mol. The molecule has 8 rings (SSSR count). The molecule has 242 valence electrons. The summed E-state index contributed by atoms with van der Waals surface area (Å²) in [6.45, 7) is 5.25. The maximum atomic E-state index is 14.2. The highest BCUT2D eigenvalue weighted by Crippen LogP contribution is 2.40. The fourth-order valence-electron chi connectivity index (χ4n) is 6.16. The summed E-state index contributed by atoms with van der Waals surface area (Å²) < 4.78 is 20.1. The first-order valence-electron chi connectivity index (χ1n) is 16.6. The summed E-state index contributed by atoms with van der Waals surface area (Å²) >= 11 is 0. The lowest BCUT2D eigenvalue weighted by molar-refractivity contribution is 0.617. The van der Waals surface area contributed by atoms with Crippen LogP contribution < -0.4 is 4.90 Å². The van der Waals surface area contributed by atoms with Crippen molar-refractivity contribution in [1.29, 1.82) is 0 Å². The quantitative estimate of drug-likeness (QED) is 0.161. The van der Waals surface area contributed by atoms with Crippen LogP contribution >= 0.6 is 0 Å². The molecule has 0 spiro atoms. The second kappa shape index (κ2) is 14.7. The van der Waals surface area contributed by atoms with Gasteiger partial charge in [-0.3, -0.25) is 0 Å². The number of anilines is 3. The van der Waals surface area contributed by atoms with E-state index in [1.165, 1.54) is 6.07 Å². The van der Waals surface area contributed by atoms with Crippen molar-refractivity contribution in [3.05, 3.63) is 194 Å². The second-order valence-electron chi connectivity index (χ2n) is 11.7. The molecule has 50 heavy (non-hydrogen) atoms. The molecule has 0 bridgehead atoms. The highest BCUT2D eigenvalue weighted by molar-refractivity contribution is 5.92. The van der Waals surface area contributed by atoms with Gasteiger partial charge in [0.25, 0.3) is 0 Å². The smallest absolute Gasteiger partial charge is 0.227 e. The minimum absolute atomic E-state index is 0.245. The highest BCUT2D eigenvalue weighted by atomic mass is 19.1. The monoisotopic (exact) mass is 650 g/mol. The SMILES string of the molecule is C=CC.Fc1cccc2oc(-c3ccc(-c4ccccc4-c4ccccc4-c4ccc(N(c5ccccc5)c5ccccc5)cc4)cc3)nc12. The van der Waals surface area contributed by atoms with Crippen LogP contribution in [0.4, 0.5) is 21.5 Å². The zero-order valence-corrected chi connectivity index (χ0v) is 27.7. The average molecular weight is 651 g/mol. The Bertz CT molecular complexity index is 2310. The number of para-hydroxylation sites is 3. The zero-order chi connectivity index (χ0) is 34.3. The predicted octanol–water partition coefficient (Wildman–Crippen LogP) is 13.3. The Balaban J connectivity index is 0.00000126. The molecule has 0 atom stereocenters. The van der Waals surface area contributed by atoms with Gasteiger partial charge in [-0.2, -0.15) is 0 Å². The van der Waals surface area contributed by atoms with Crippen molar-refractivity contribution < 1.29 is 8.81 Å². The molecule has 0 saturated carbocycles. The zero-order valence-electron chi connectivity index (χ0n) is 27.7. The predicted molar refractivity (Wildman–Crippen MR) is 206 cm³/mol. The van der Waals surface area contributed by atoms with Crippen LogP contribution in [-0.4, -0.2) is 4.98 Å². The van der Waals surface area contributed by atoms with Crippen molar-refractivity contribution in [2.24, 2.45) is 0 Å². The van der Waals surface area contributed by atoms with Gasteiger partial charge in [0.15, 0.2) is 11.4 Å². The van der Waals surface area contributed by atoms with E-state index in [2.05, 4.69) is 150 Å². The first-order valence-corrected chi connectivity index (χ1v) is 16.6. The van der Waals surface area contributed by atoms with Gasteiger partial charge in [-0.1, -0.05) is 121 Å². The second-order valence-corrected chi connectivity index (χ2v) is 11.7. The van der Waals surface area contributed by atoms with E-state index in [-0.39, 0.29) is 11.3 Å². The van der Waals surface area contributed by atoms with Crippen LogP contribution in [0.15, 0.2) is 193 Å². The lowest BCUT2D eigenvalue weighted by Gasteiger charge is -2.25. The van der Waals surface area contributed by atoms with Crippen molar-refractivity contribution in [3.8, 4) is 44.8 Å². The van der Waals surface area contributed by atoms with E-state index < -0.39 is 0 Å². The van der Waals surface area contributed by atoms with Gasteiger partial charge in [-0.15, -0.1) is 6.58 Å². The van der Waals surface area contributed by atoms with Gasteiger partial charge < -0.3 is 9.32 Å². The van der Waals surface area contributed by atoms with Crippen molar-refractivity contribution >= 4 is 28.2 Å². The van der Waals surface area contributed by atoms with Crippen LogP contribution in [0.1, 0.15) is 6.92 Å². The number of rotatable bonds is 7. The van der Waals surface area contributed by atoms with Gasteiger partial charge in [-0.25, -0.2) is 9.37 Å². The summed E-state index contributed by atoms with van der Waals surface area (Å²) in [5, 5.41) is 0. The molecule has 4 heteroatoms. The van der Waals surface area contributed by atoms with Gasteiger partial charge in [-0.05, 0) is 101 Å². The van der Waals surface area contributed by atoms with Crippen LogP contribution in [0.25, 0.3) is 55.9 Å². The lowest BCUT2D eigenvalue weighted by atomic mass is 9.89. The number of nitrogens with zero attached hydrogens (tertiary/aromatic N) is 2. The third-order valence-corrected chi connectivity index (χ3v) is 8.42.